The molecule has 1 aromatic heterocycles. The van der Waals surface area contributed by atoms with E-state index >= 15 is 0 Å². The standard InChI is InChI=1S/C19H18N6O4S/c1-12(2)17(19(26)27)23-30(28,29)16-9-5-14(6-10-16)18-21-24-25(22-18)15-7-3-13(11-20)4-8-15/h3-10,12,17,23H,1-2H3,(H,26,27). The van der Waals surface area contributed by atoms with E-state index in [1.54, 1.807) is 38.1 Å². The van der Waals surface area contributed by atoms with Crippen molar-refractivity contribution in [1.82, 2.24) is 24.9 Å². The van der Waals surface area contributed by atoms with Gasteiger partial charge in [0.05, 0.1) is 22.2 Å². The fourth-order valence-corrected chi connectivity index (χ4v) is 3.94. The van der Waals surface area contributed by atoms with Gasteiger partial charge in [-0.2, -0.15) is 9.98 Å². The van der Waals surface area contributed by atoms with Crippen LogP contribution in [0.5, 0.6) is 0 Å². The number of aromatic nitrogens is 4. The van der Waals surface area contributed by atoms with Gasteiger partial charge in [0.15, 0.2) is 0 Å². The van der Waals surface area contributed by atoms with Gasteiger partial charge >= 0.3 is 5.97 Å². The van der Waals surface area contributed by atoms with E-state index in [1.807, 2.05) is 6.07 Å². The number of nitriles is 1. The van der Waals surface area contributed by atoms with Crippen LogP contribution < -0.4 is 4.72 Å². The quantitative estimate of drug-likeness (QED) is 0.578. The van der Waals surface area contributed by atoms with Crippen molar-refractivity contribution in [3.05, 3.63) is 54.1 Å². The maximum Gasteiger partial charge on any atom is 0.322 e. The highest BCUT2D eigenvalue weighted by atomic mass is 32.2. The third-order valence-electron chi connectivity index (χ3n) is 4.28. The molecular weight excluding hydrogens is 408 g/mol. The molecule has 10 nitrogen and oxygen atoms in total. The van der Waals surface area contributed by atoms with E-state index in [-0.39, 0.29) is 10.7 Å². The van der Waals surface area contributed by atoms with Gasteiger partial charge in [0.25, 0.3) is 0 Å². The van der Waals surface area contributed by atoms with Gasteiger partial charge in [0.2, 0.25) is 15.8 Å². The Kier molecular flexibility index (Phi) is 5.91. The molecule has 0 radical (unpaired) electrons. The number of sulfonamides is 1. The summed E-state index contributed by atoms with van der Waals surface area (Å²) in [5.41, 5.74) is 1.66. The Morgan fingerprint density at radius 2 is 1.77 bits per heavy atom. The third-order valence-corrected chi connectivity index (χ3v) is 5.74. The summed E-state index contributed by atoms with van der Waals surface area (Å²) in [5.74, 6) is -1.38. The Hall–Kier alpha value is -3.62. The number of carboxylic acids is 1. The van der Waals surface area contributed by atoms with Crippen LogP contribution in [0, 0.1) is 17.2 Å². The van der Waals surface area contributed by atoms with E-state index < -0.39 is 28.0 Å². The molecule has 1 heterocycles. The number of hydrogen-bond donors (Lipinski definition) is 2. The van der Waals surface area contributed by atoms with Gasteiger partial charge in [-0.1, -0.05) is 13.8 Å². The lowest BCUT2D eigenvalue weighted by Gasteiger charge is -2.18. The molecule has 1 atom stereocenters. The van der Waals surface area contributed by atoms with Crippen LogP contribution in [0.2, 0.25) is 0 Å². The molecule has 1 unspecified atom stereocenters. The highest BCUT2D eigenvalue weighted by Crippen LogP contribution is 2.19. The Morgan fingerprint density at radius 3 is 2.30 bits per heavy atom. The van der Waals surface area contributed by atoms with Gasteiger partial charge in [-0.25, -0.2) is 8.42 Å². The first-order valence-corrected chi connectivity index (χ1v) is 10.4. The summed E-state index contributed by atoms with van der Waals surface area (Å²) >= 11 is 0. The van der Waals surface area contributed by atoms with Gasteiger partial charge in [-0.05, 0) is 59.7 Å². The Labute approximate surface area is 172 Å². The zero-order valence-electron chi connectivity index (χ0n) is 16.1. The van der Waals surface area contributed by atoms with Crippen LogP contribution in [-0.2, 0) is 14.8 Å². The van der Waals surface area contributed by atoms with E-state index in [0.29, 0.717) is 16.8 Å². The molecule has 3 rings (SSSR count). The van der Waals surface area contributed by atoms with Crippen molar-refractivity contribution in [2.75, 3.05) is 0 Å². The summed E-state index contributed by atoms with van der Waals surface area (Å²) in [4.78, 5) is 12.5. The average molecular weight is 426 g/mol. The van der Waals surface area contributed by atoms with Crippen molar-refractivity contribution in [2.24, 2.45) is 5.92 Å². The zero-order chi connectivity index (χ0) is 21.9. The fraction of sp³-hybridized carbons (Fsp3) is 0.211. The monoisotopic (exact) mass is 426 g/mol. The predicted molar refractivity (Wildman–Crippen MR) is 106 cm³/mol. The molecule has 0 aliphatic rings. The second kappa shape index (κ2) is 8.40. The molecule has 0 saturated heterocycles. The summed E-state index contributed by atoms with van der Waals surface area (Å²) in [6.07, 6.45) is 0. The number of rotatable bonds is 7. The fourth-order valence-electron chi connectivity index (χ4n) is 2.60. The Balaban J connectivity index is 1.81. The van der Waals surface area contributed by atoms with Crippen LogP contribution in [0.3, 0.4) is 0 Å². The lowest BCUT2D eigenvalue weighted by Crippen LogP contribution is -2.44. The molecule has 154 valence electrons. The third kappa shape index (κ3) is 4.51. The number of hydrogen-bond acceptors (Lipinski definition) is 7. The topological polar surface area (TPSA) is 151 Å². The summed E-state index contributed by atoms with van der Waals surface area (Å²) in [5, 5.41) is 30.3. The molecule has 0 saturated carbocycles. The van der Waals surface area contributed by atoms with E-state index in [4.69, 9.17) is 5.26 Å². The smallest absolute Gasteiger partial charge is 0.322 e. The molecule has 0 spiro atoms. The minimum Gasteiger partial charge on any atom is -0.480 e. The normalized spacial score (nSPS) is 12.5. The lowest BCUT2D eigenvalue weighted by molar-refractivity contribution is -0.140. The minimum atomic E-state index is -4.01. The second-order valence-corrected chi connectivity index (χ2v) is 8.48. The first kappa shape index (κ1) is 21.1. The molecule has 0 amide bonds. The van der Waals surface area contributed by atoms with Crippen molar-refractivity contribution >= 4 is 16.0 Å². The van der Waals surface area contributed by atoms with Crippen LogP contribution in [0.25, 0.3) is 17.1 Å². The number of benzene rings is 2. The Bertz CT molecular complexity index is 1200. The van der Waals surface area contributed by atoms with Crippen molar-refractivity contribution in [3.8, 4) is 23.1 Å². The largest absolute Gasteiger partial charge is 0.480 e. The highest BCUT2D eigenvalue weighted by molar-refractivity contribution is 7.89. The number of carbonyl (C=O) groups is 1. The predicted octanol–water partition coefficient (Wildman–Crippen LogP) is 1.59. The molecule has 0 bridgehead atoms. The summed E-state index contributed by atoms with van der Waals surface area (Å²) in [6.45, 7) is 3.24. The molecule has 0 aliphatic heterocycles. The molecule has 3 aromatic rings. The molecular formula is C19H18N6O4S. The zero-order valence-corrected chi connectivity index (χ0v) is 16.9. The van der Waals surface area contributed by atoms with Crippen LogP contribution >= 0.6 is 0 Å². The van der Waals surface area contributed by atoms with Gasteiger partial charge in [0, 0.05) is 5.56 Å². The molecule has 0 fully saturated rings. The van der Waals surface area contributed by atoms with E-state index in [1.165, 1.54) is 29.1 Å². The average Bonchev–Trinajstić information content (AvgIpc) is 3.22. The van der Waals surface area contributed by atoms with E-state index in [0.717, 1.165) is 0 Å². The first-order chi connectivity index (χ1) is 14.2. The van der Waals surface area contributed by atoms with Crippen LogP contribution in [-0.4, -0.2) is 45.7 Å². The van der Waals surface area contributed by atoms with Crippen molar-refractivity contribution in [2.45, 2.75) is 24.8 Å². The maximum atomic E-state index is 12.5. The molecule has 2 N–H and O–H groups in total. The highest BCUT2D eigenvalue weighted by Gasteiger charge is 2.28. The van der Waals surface area contributed by atoms with E-state index in [2.05, 4.69) is 20.1 Å². The van der Waals surface area contributed by atoms with E-state index in [9.17, 15) is 18.3 Å². The number of aliphatic carboxylic acids is 1. The SMILES string of the molecule is CC(C)C(NS(=O)(=O)c1ccc(-c2nnn(-c3ccc(C#N)cc3)n2)cc1)C(=O)O. The summed E-state index contributed by atoms with van der Waals surface area (Å²) in [6, 6.07) is 13.1. The summed E-state index contributed by atoms with van der Waals surface area (Å²) < 4.78 is 27.2. The van der Waals surface area contributed by atoms with Gasteiger partial charge in [-0.3, -0.25) is 4.79 Å². The van der Waals surface area contributed by atoms with Crippen molar-refractivity contribution < 1.29 is 18.3 Å². The molecule has 0 aliphatic carbocycles. The molecule has 11 heteroatoms. The number of nitrogens with one attached hydrogen (secondary N) is 1. The molecule has 2 aromatic carbocycles. The van der Waals surface area contributed by atoms with Crippen LogP contribution in [0.15, 0.2) is 53.4 Å². The van der Waals surface area contributed by atoms with Gasteiger partial charge in [0.1, 0.15) is 6.04 Å². The van der Waals surface area contributed by atoms with Crippen LogP contribution in [0.4, 0.5) is 0 Å². The van der Waals surface area contributed by atoms with Crippen molar-refractivity contribution in [1.29, 1.82) is 5.26 Å². The number of tetrazole rings is 1. The van der Waals surface area contributed by atoms with Gasteiger partial charge in [-0.15, -0.1) is 15.0 Å². The Morgan fingerprint density at radius 1 is 1.13 bits per heavy atom. The number of nitrogens with zero attached hydrogens (tertiary/aromatic N) is 5. The lowest BCUT2D eigenvalue weighted by atomic mass is 10.1. The van der Waals surface area contributed by atoms with Gasteiger partial charge < -0.3 is 5.11 Å². The van der Waals surface area contributed by atoms with Crippen molar-refractivity contribution in [3.63, 3.8) is 0 Å². The maximum absolute atomic E-state index is 12.5. The summed E-state index contributed by atoms with van der Waals surface area (Å²) in [7, 11) is -4.01. The van der Waals surface area contributed by atoms with Crippen LogP contribution in [0.1, 0.15) is 19.4 Å². The first-order valence-electron chi connectivity index (χ1n) is 8.87. The second-order valence-electron chi connectivity index (χ2n) is 6.77. The number of carboxylic acid groups (broad SMARTS) is 1. The molecule has 30 heavy (non-hydrogen) atoms. The minimum absolute atomic E-state index is 0.0716.